The molecule has 20 nitrogen and oxygen atoms in total. The Morgan fingerprint density at radius 3 is 1.33 bits per heavy atom. The van der Waals surface area contributed by atoms with E-state index in [2.05, 4.69) is 30.8 Å². The fourth-order valence-corrected chi connectivity index (χ4v) is 0.609. The van der Waals surface area contributed by atoms with Crippen molar-refractivity contribution in [1.29, 1.82) is 5.41 Å². The fraction of sp³-hybridized carbons (Fsp3) is 0.500. The maximum Gasteiger partial charge on any atom is 2.00 e. The minimum atomic E-state index is -4.94. The molecule has 0 aliphatic rings. The number of nitrogens with two attached hydrogens (primary N) is 1. The molecule has 2 rings (SSSR count). The molecule has 0 amide bonds. The van der Waals surface area contributed by atoms with E-state index in [0.717, 1.165) is 0 Å². The average Bonchev–Trinajstić information content (AvgIpc) is 2.83. The Labute approximate surface area is 163 Å². The molecule has 2 aromatic rings. The van der Waals surface area contributed by atoms with Crippen molar-refractivity contribution in [3.63, 3.8) is 0 Å². The quantitative estimate of drug-likeness (QED) is 0.224. The van der Waals surface area contributed by atoms with Gasteiger partial charge < -0.3 is 16.7 Å². The number of hydrogen-bond donors (Lipinski definition) is 3. The van der Waals surface area contributed by atoms with Crippen molar-refractivity contribution >= 4 is 5.95 Å². The zero-order valence-electron chi connectivity index (χ0n) is 13.2. The Morgan fingerprint density at radius 1 is 0.889 bits per heavy atom. The normalized spacial score (nSPS) is 9.26. The number of halogens is 2. The number of aromatic amines is 1. The van der Waals surface area contributed by atoms with Crippen molar-refractivity contribution in [2.24, 2.45) is 14.1 Å². The molecule has 0 saturated heterocycles. The molecule has 0 bridgehead atoms. The van der Waals surface area contributed by atoms with Crippen molar-refractivity contribution in [2.45, 2.75) is 0 Å². The zero-order valence-corrected chi connectivity index (χ0v) is 15.6. The van der Waals surface area contributed by atoms with E-state index in [1.165, 1.54) is 9.59 Å². The van der Waals surface area contributed by atoms with Crippen LogP contribution in [-0.4, -0.2) is 40.4 Å². The largest absolute Gasteiger partial charge is 2.00 e. The molecular formula is C4H16Cl2CuN10O10+2. The molecule has 0 aromatic carbocycles. The summed E-state index contributed by atoms with van der Waals surface area (Å²) < 4.78 is 67.9. The molecule has 2 heterocycles. The third-order valence-electron chi connectivity index (χ3n) is 1.07. The SMILES string of the molecule is Cn1nnc(=N)[nH]1.Cn1nnc(N)n1.[Cu+2].[O-][Cl+3]([O-])([O-])[O-].[O-][Cl+3]([O-])([O-])[O-].[OH3+].[OH3+]. The second-order valence-corrected chi connectivity index (χ2v) is 4.58. The Hall–Kier alpha value is -1.56. The number of nitrogen functional groups attached to an aromatic ring is 1. The van der Waals surface area contributed by atoms with Gasteiger partial charge in [0, 0.05) is 7.05 Å². The molecule has 0 spiro atoms. The van der Waals surface area contributed by atoms with E-state index in [9.17, 15) is 0 Å². The van der Waals surface area contributed by atoms with Crippen LogP contribution >= 0.6 is 0 Å². The van der Waals surface area contributed by atoms with Crippen molar-refractivity contribution in [1.82, 2.24) is 40.4 Å². The van der Waals surface area contributed by atoms with Crippen molar-refractivity contribution in [3.8, 4) is 0 Å². The molecule has 0 saturated carbocycles. The Bertz CT molecular complexity index is 582. The number of H-pyrrole nitrogens is 1. The molecule has 1 radical (unpaired) electrons. The van der Waals surface area contributed by atoms with Crippen molar-refractivity contribution < 1.29 is 85.8 Å². The number of anilines is 1. The van der Waals surface area contributed by atoms with Gasteiger partial charge in [0.1, 0.15) is 0 Å². The average molecular weight is 499 g/mol. The first-order valence-electron chi connectivity index (χ1n) is 4.81. The summed E-state index contributed by atoms with van der Waals surface area (Å²) in [5, 5.41) is 26.5. The van der Waals surface area contributed by atoms with Crippen LogP contribution in [0.4, 0.5) is 5.95 Å². The topological polar surface area (TPSA) is 390 Å². The fourth-order valence-electron chi connectivity index (χ4n) is 0.609. The monoisotopic (exact) mass is 497 g/mol. The number of aromatic nitrogens is 8. The van der Waals surface area contributed by atoms with Crippen LogP contribution in [0, 0.1) is 25.9 Å². The van der Waals surface area contributed by atoms with E-state index in [-0.39, 0.29) is 39.6 Å². The van der Waals surface area contributed by atoms with Gasteiger partial charge in [-0.15, -0.1) is 25.6 Å². The molecule has 0 aliphatic carbocycles. The summed E-state index contributed by atoms with van der Waals surface area (Å²) in [6, 6.07) is 0. The van der Waals surface area contributed by atoms with Crippen LogP contribution < -0.4 is 48.6 Å². The summed E-state index contributed by atoms with van der Waals surface area (Å²) in [7, 11) is -6.56. The molecule has 10 N–H and O–H groups in total. The molecule has 165 valence electrons. The summed E-state index contributed by atoms with van der Waals surface area (Å²) >= 11 is 0. The molecule has 0 aliphatic heterocycles. The van der Waals surface area contributed by atoms with Crippen LogP contribution in [0.2, 0.25) is 0 Å². The first-order chi connectivity index (χ1) is 10.6. The number of rotatable bonds is 0. The standard InChI is InChI=1S/2C2H5N5.2ClHO4.Cu.2H2O/c2*1-7-5-2(3)4-6-7;2*2-1(3,4)5;;;/h2*1H3,(H2,3,5);2*(H,2,3,4,5);;2*1H2/q;;;;+2;;. The van der Waals surface area contributed by atoms with Crippen LogP contribution in [0.15, 0.2) is 0 Å². The Morgan fingerprint density at radius 2 is 1.26 bits per heavy atom. The van der Waals surface area contributed by atoms with Gasteiger partial charge in [0.15, 0.2) is 0 Å². The summed E-state index contributed by atoms with van der Waals surface area (Å²) in [6.07, 6.45) is 0. The van der Waals surface area contributed by atoms with Crippen LogP contribution in [0.1, 0.15) is 0 Å². The molecule has 0 atom stereocenters. The molecule has 23 heteroatoms. The molecule has 27 heavy (non-hydrogen) atoms. The van der Waals surface area contributed by atoms with Gasteiger partial charge in [-0.25, -0.2) is 42.4 Å². The van der Waals surface area contributed by atoms with Crippen LogP contribution in [0.3, 0.4) is 0 Å². The van der Waals surface area contributed by atoms with E-state index in [1.807, 2.05) is 0 Å². The van der Waals surface area contributed by atoms with E-state index in [0.29, 0.717) is 0 Å². The Balaban J connectivity index is -0.0000000780. The number of aryl methyl sites for hydroxylation is 2. The minimum Gasteiger partial charge on any atom is -0.457 e. The van der Waals surface area contributed by atoms with Gasteiger partial charge in [0.25, 0.3) is 11.6 Å². The van der Waals surface area contributed by atoms with E-state index >= 15 is 0 Å². The third-order valence-corrected chi connectivity index (χ3v) is 1.07. The summed E-state index contributed by atoms with van der Waals surface area (Å²) in [6.45, 7) is 0. The van der Waals surface area contributed by atoms with Crippen LogP contribution in [0.5, 0.6) is 0 Å². The smallest absolute Gasteiger partial charge is 0.457 e. The molecular weight excluding hydrogens is 483 g/mol. The molecule has 0 unspecified atom stereocenters. The summed E-state index contributed by atoms with van der Waals surface area (Å²) in [5.74, 6) is 0.211. The summed E-state index contributed by atoms with van der Waals surface area (Å²) in [4.78, 5) is 2.66. The number of tetrazole rings is 2. The number of hydrogen-bond acceptors (Lipinski definition) is 15. The maximum absolute atomic E-state index is 8.49. The Kier molecular flexibility index (Phi) is 22.4. The zero-order chi connectivity index (χ0) is 19.6. The third kappa shape index (κ3) is 45.5. The first kappa shape index (κ1) is 36.4. The van der Waals surface area contributed by atoms with Crippen molar-refractivity contribution in [3.05, 3.63) is 5.62 Å². The first-order valence-corrected chi connectivity index (χ1v) is 7.28. The van der Waals surface area contributed by atoms with E-state index < -0.39 is 20.5 Å². The van der Waals surface area contributed by atoms with Gasteiger partial charge >= 0.3 is 17.1 Å². The molecule has 2 aromatic heterocycles. The van der Waals surface area contributed by atoms with Gasteiger partial charge in [-0.2, -0.15) is 9.59 Å². The van der Waals surface area contributed by atoms with Gasteiger partial charge in [-0.1, -0.05) is 10.2 Å². The predicted octanol–water partition coefficient (Wildman–Crippen LogP) is -13.9. The number of nitrogens with one attached hydrogen (secondary N) is 2. The van der Waals surface area contributed by atoms with Gasteiger partial charge in [-0.3, -0.25) is 5.41 Å². The van der Waals surface area contributed by atoms with Gasteiger partial charge in [-0.05, 0) is 10.4 Å². The predicted molar refractivity (Wildman–Crippen MR) is 54.2 cm³/mol. The molecule has 0 fully saturated rings. The summed E-state index contributed by atoms with van der Waals surface area (Å²) in [5.41, 5.74) is 5.16. The van der Waals surface area contributed by atoms with Gasteiger partial charge in [0.05, 0.1) is 7.05 Å². The van der Waals surface area contributed by atoms with E-state index in [4.69, 9.17) is 48.4 Å². The van der Waals surface area contributed by atoms with Crippen molar-refractivity contribution in [2.75, 3.05) is 5.73 Å². The van der Waals surface area contributed by atoms with E-state index in [1.54, 1.807) is 14.1 Å². The number of nitrogens with zero attached hydrogens (tertiary/aromatic N) is 7. The van der Waals surface area contributed by atoms with Crippen LogP contribution in [-0.2, 0) is 42.1 Å². The minimum absolute atomic E-state index is 0. The van der Waals surface area contributed by atoms with Gasteiger partial charge in [0.2, 0.25) is 0 Å². The maximum atomic E-state index is 8.49. The second-order valence-electron chi connectivity index (χ2n) is 3.07. The second kappa shape index (κ2) is 16.6. The van der Waals surface area contributed by atoms with Crippen LogP contribution in [0.25, 0.3) is 0 Å².